The van der Waals surface area contributed by atoms with Crippen LogP contribution in [0, 0.1) is 34.0 Å². The van der Waals surface area contributed by atoms with Crippen LogP contribution in [0.25, 0.3) is 11.6 Å². The Morgan fingerprint density at radius 1 is 1.09 bits per heavy atom. The van der Waals surface area contributed by atoms with Crippen LogP contribution in [0.2, 0.25) is 0 Å². The van der Waals surface area contributed by atoms with Gasteiger partial charge >= 0.3 is 0 Å². The summed E-state index contributed by atoms with van der Waals surface area (Å²) in [5, 5.41) is 48.9. The fourth-order valence-electron chi connectivity index (χ4n) is 3.62. The predicted molar refractivity (Wildman–Crippen MR) is 127 cm³/mol. The van der Waals surface area contributed by atoms with Crippen molar-refractivity contribution in [3.8, 4) is 23.6 Å². The summed E-state index contributed by atoms with van der Waals surface area (Å²) in [7, 11) is 0. The Kier molecular flexibility index (Phi) is 5.78. The number of halogens is 2. The van der Waals surface area contributed by atoms with Crippen LogP contribution >= 0.6 is 43.2 Å². The van der Waals surface area contributed by atoms with E-state index in [2.05, 4.69) is 37.9 Å². The van der Waals surface area contributed by atoms with E-state index in [0.717, 1.165) is 15.9 Å². The Bertz CT molecular complexity index is 1560. The quantitative estimate of drug-likeness (QED) is 0.434. The first kappa shape index (κ1) is 22.0. The number of aromatic nitrogens is 1. The monoisotopic (exact) mass is 570 g/mol. The number of nitriles is 2. The van der Waals surface area contributed by atoms with Gasteiger partial charge in [-0.05, 0) is 42.5 Å². The Morgan fingerprint density at radius 3 is 2.41 bits per heavy atom. The van der Waals surface area contributed by atoms with Crippen LogP contribution in [0.5, 0.6) is 11.5 Å². The van der Waals surface area contributed by atoms with E-state index in [1.807, 2.05) is 6.07 Å². The largest absolute Gasteiger partial charge is 0.508 e. The first-order valence-electron chi connectivity index (χ1n) is 9.10. The van der Waals surface area contributed by atoms with Crippen LogP contribution in [0.15, 0.2) is 50.1 Å². The molecule has 0 radical (unpaired) electrons. The Balaban J connectivity index is 2.08. The van der Waals surface area contributed by atoms with Crippen LogP contribution in [-0.4, -0.2) is 20.6 Å². The summed E-state index contributed by atoms with van der Waals surface area (Å²) in [6, 6.07) is 13.5. The second kappa shape index (κ2) is 8.40. The lowest BCUT2D eigenvalue weighted by Crippen LogP contribution is -2.45. The highest BCUT2D eigenvalue weighted by atomic mass is 79.9. The zero-order valence-corrected chi connectivity index (χ0v) is 20.0. The third kappa shape index (κ3) is 3.56. The van der Waals surface area contributed by atoms with E-state index in [-0.39, 0.29) is 32.1 Å². The molecule has 3 N–H and O–H groups in total. The normalized spacial score (nSPS) is 18.2. The first-order valence-corrected chi connectivity index (χ1v) is 11.5. The molecule has 2 unspecified atom stereocenters. The maximum atomic E-state index is 13.1. The molecule has 2 heterocycles. The van der Waals surface area contributed by atoms with Crippen LogP contribution < -0.4 is 14.8 Å². The number of benzene rings is 2. The summed E-state index contributed by atoms with van der Waals surface area (Å²) >= 11 is 7.65. The van der Waals surface area contributed by atoms with Gasteiger partial charge < -0.3 is 10.2 Å². The Morgan fingerprint density at radius 2 is 1.75 bits per heavy atom. The van der Waals surface area contributed by atoms with E-state index in [0.29, 0.717) is 20.1 Å². The lowest BCUT2D eigenvalue weighted by atomic mass is 9.79. The minimum Gasteiger partial charge on any atom is -0.508 e. The molecule has 1 aromatic heterocycles. The van der Waals surface area contributed by atoms with Crippen molar-refractivity contribution in [2.75, 3.05) is 0 Å². The minimum atomic E-state index is -1.16. The van der Waals surface area contributed by atoms with Gasteiger partial charge in [0.2, 0.25) is 0 Å². The van der Waals surface area contributed by atoms with E-state index in [1.165, 1.54) is 18.2 Å². The molecule has 1 aliphatic rings. The molecule has 158 valence electrons. The molecule has 4 rings (SSSR count). The fraction of sp³-hybridized carbons (Fsp3) is 0.0909. The molecule has 10 heteroatoms. The number of nitrogens with one attached hydrogen (secondary N) is 1. The number of aromatic hydroxyl groups is 2. The second-order valence-corrected chi connectivity index (χ2v) is 9.82. The van der Waals surface area contributed by atoms with Gasteiger partial charge in [0.25, 0.3) is 5.56 Å². The Hall–Kier alpha value is -3.18. The number of hydrogen-bond acceptors (Lipinski definition) is 7. The molecule has 2 atom stereocenters. The first-order chi connectivity index (χ1) is 15.3. The van der Waals surface area contributed by atoms with Gasteiger partial charge in [-0.2, -0.15) is 10.5 Å². The van der Waals surface area contributed by atoms with Crippen LogP contribution in [0.4, 0.5) is 0 Å². The minimum absolute atomic E-state index is 0.0321. The van der Waals surface area contributed by atoms with E-state index in [9.17, 15) is 25.5 Å². The van der Waals surface area contributed by atoms with E-state index >= 15 is 0 Å². The summed E-state index contributed by atoms with van der Waals surface area (Å²) in [5.41, 5.74) is 0.258. The van der Waals surface area contributed by atoms with Gasteiger partial charge in [-0.25, -0.2) is 0 Å². The number of fused-ring (bicyclic) bond motifs is 1. The van der Waals surface area contributed by atoms with Crippen molar-refractivity contribution in [1.29, 1.82) is 15.9 Å². The molecule has 3 aromatic rings. The molecule has 2 aromatic carbocycles. The Labute approximate surface area is 202 Å². The van der Waals surface area contributed by atoms with Gasteiger partial charge in [-0.15, -0.1) is 11.3 Å². The molecule has 0 aliphatic carbocycles. The van der Waals surface area contributed by atoms with Gasteiger partial charge in [0.1, 0.15) is 27.9 Å². The van der Waals surface area contributed by atoms with Crippen molar-refractivity contribution < 1.29 is 10.2 Å². The number of rotatable bonds is 2. The molecule has 0 saturated heterocycles. The van der Waals surface area contributed by atoms with Gasteiger partial charge in [-0.3, -0.25) is 14.8 Å². The van der Waals surface area contributed by atoms with Crippen molar-refractivity contribution in [3.63, 3.8) is 0 Å². The number of thiazole rings is 1. The average molecular weight is 572 g/mol. The topological polar surface area (TPSA) is 134 Å². The summed E-state index contributed by atoms with van der Waals surface area (Å²) < 4.78 is 2.82. The average Bonchev–Trinajstić information content (AvgIpc) is 3.08. The second-order valence-electron chi connectivity index (χ2n) is 6.96. The fourth-order valence-corrected chi connectivity index (χ4v) is 5.51. The van der Waals surface area contributed by atoms with Crippen molar-refractivity contribution in [3.05, 3.63) is 76.0 Å². The van der Waals surface area contributed by atoms with Crippen molar-refractivity contribution in [2.24, 2.45) is 5.92 Å². The lowest BCUT2D eigenvalue weighted by molar-refractivity contribution is 0.463. The van der Waals surface area contributed by atoms with Crippen LogP contribution in [0.1, 0.15) is 17.0 Å². The summed E-state index contributed by atoms with van der Waals surface area (Å²) in [6.07, 6.45) is 1.48. The van der Waals surface area contributed by atoms with Crippen LogP contribution in [0.3, 0.4) is 0 Å². The third-order valence-corrected chi connectivity index (χ3v) is 7.19. The zero-order chi connectivity index (χ0) is 23.2. The maximum absolute atomic E-state index is 13.1. The highest BCUT2D eigenvalue weighted by molar-refractivity contribution is 9.10. The molecular formula is C22H12Br2N4O3S. The highest BCUT2D eigenvalue weighted by Crippen LogP contribution is 2.40. The smallest absolute Gasteiger partial charge is 0.274 e. The highest BCUT2D eigenvalue weighted by Gasteiger charge is 2.39. The van der Waals surface area contributed by atoms with Gasteiger partial charge in [-0.1, -0.05) is 31.9 Å². The molecule has 1 aliphatic heterocycles. The molecular weight excluding hydrogens is 560 g/mol. The van der Waals surface area contributed by atoms with E-state index < -0.39 is 17.4 Å². The SMILES string of the molecule is N#CC1=c2sc(=Cc3cc(Br)ccc3O)c(=O)n2C(=N)C(C#N)C1c1cc(Br)ccc1O. The van der Waals surface area contributed by atoms with Crippen molar-refractivity contribution in [1.82, 2.24) is 4.57 Å². The molecule has 0 bridgehead atoms. The van der Waals surface area contributed by atoms with Crippen molar-refractivity contribution >= 4 is 60.7 Å². The van der Waals surface area contributed by atoms with E-state index in [1.54, 1.807) is 24.3 Å². The summed E-state index contributed by atoms with van der Waals surface area (Å²) in [4.78, 5) is 13.1. The van der Waals surface area contributed by atoms with Gasteiger partial charge in [0.15, 0.2) is 0 Å². The van der Waals surface area contributed by atoms with Gasteiger partial charge in [0.05, 0.1) is 22.2 Å². The molecule has 7 nitrogen and oxygen atoms in total. The lowest BCUT2D eigenvalue weighted by Gasteiger charge is -2.27. The number of hydrogen-bond donors (Lipinski definition) is 3. The number of phenolic OH excluding ortho intramolecular Hbond substituents is 2. The molecule has 0 fully saturated rings. The summed E-state index contributed by atoms with van der Waals surface area (Å²) in [5.74, 6) is -2.49. The molecule has 0 amide bonds. The predicted octanol–water partition coefficient (Wildman–Crippen LogP) is 3.11. The maximum Gasteiger partial charge on any atom is 0.274 e. The molecule has 0 saturated carbocycles. The van der Waals surface area contributed by atoms with Gasteiger partial charge in [0, 0.05) is 26.0 Å². The van der Waals surface area contributed by atoms with E-state index in [4.69, 9.17) is 5.41 Å². The molecule has 32 heavy (non-hydrogen) atoms. The van der Waals surface area contributed by atoms with Crippen LogP contribution in [-0.2, 0) is 0 Å². The zero-order valence-electron chi connectivity index (χ0n) is 16.0. The van der Waals surface area contributed by atoms with Crippen molar-refractivity contribution in [2.45, 2.75) is 5.92 Å². The third-order valence-electron chi connectivity index (χ3n) is 5.09. The number of nitrogens with zero attached hydrogens (tertiary/aromatic N) is 3. The molecule has 0 spiro atoms. The number of phenols is 2. The summed E-state index contributed by atoms with van der Waals surface area (Å²) in [6.45, 7) is 0. The standard InChI is InChI=1S/C22H12Br2N4O3S/c23-11-1-3-16(29)10(5-11)6-18-21(31)28-20(27)14(8-25)19(15(9-26)22(28)32-18)13-7-12(24)2-4-17(13)30/h1-7,14,19,27,29-30H.